The SMILES string of the molecule is COc1ccc2c(c1)C1(CC1c1ccc3c(/C=C/c4ccc5c(c4)CNCC5)n[nH]c3c1)C(=O)N2. The Balaban J connectivity index is 1.17. The molecule has 2 atom stereocenters. The van der Waals surface area contributed by atoms with Crippen molar-refractivity contribution in [3.63, 3.8) is 0 Å². The van der Waals surface area contributed by atoms with Crippen LogP contribution in [0.5, 0.6) is 5.75 Å². The van der Waals surface area contributed by atoms with E-state index in [0.717, 1.165) is 65.1 Å². The predicted octanol–water partition coefficient (Wildman–Crippen LogP) is 4.77. The van der Waals surface area contributed by atoms with Gasteiger partial charge in [-0.15, -0.1) is 0 Å². The van der Waals surface area contributed by atoms with E-state index < -0.39 is 5.41 Å². The van der Waals surface area contributed by atoms with E-state index in [0.29, 0.717) is 0 Å². The summed E-state index contributed by atoms with van der Waals surface area (Å²) in [5.74, 6) is 1.01. The first-order chi connectivity index (χ1) is 17.2. The summed E-state index contributed by atoms with van der Waals surface area (Å²) in [6.45, 7) is 1.99. The quantitative estimate of drug-likeness (QED) is 0.408. The molecule has 3 heterocycles. The number of benzene rings is 3. The van der Waals surface area contributed by atoms with Crippen molar-refractivity contribution < 1.29 is 9.53 Å². The molecule has 3 aliphatic rings. The molecule has 1 aliphatic carbocycles. The van der Waals surface area contributed by atoms with Crippen LogP contribution in [0.15, 0.2) is 54.6 Å². The van der Waals surface area contributed by atoms with Crippen molar-refractivity contribution in [3.8, 4) is 5.75 Å². The Bertz CT molecular complexity index is 1540. The molecule has 1 aromatic heterocycles. The number of nitrogens with zero attached hydrogens (tertiary/aromatic N) is 1. The zero-order valence-electron chi connectivity index (χ0n) is 19.5. The number of methoxy groups -OCH3 is 1. The van der Waals surface area contributed by atoms with Gasteiger partial charge in [0.05, 0.1) is 23.7 Å². The predicted molar refractivity (Wildman–Crippen MR) is 138 cm³/mol. The second-order valence-corrected chi connectivity index (χ2v) is 9.80. The number of hydrogen-bond donors (Lipinski definition) is 3. The Morgan fingerprint density at radius 2 is 2.00 bits per heavy atom. The third kappa shape index (κ3) is 3.13. The standard InChI is InChI=1S/C29H26N4O2/c1-35-21-6-9-26-23(14-21)29(28(34)31-26)15-24(29)19-5-7-22-25(32-33-27(22)13-19)8-3-17-2-4-18-10-11-30-16-20(18)12-17/h2-9,12-14,24,30H,10-11,15-16H2,1H3,(H,31,34)(H,32,33)/b8-3+. The van der Waals surface area contributed by atoms with Crippen molar-refractivity contribution in [1.29, 1.82) is 0 Å². The van der Waals surface area contributed by atoms with Crippen LogP contribution in [-0.4, -0.2) is 29.8 Å². The van der Waals surface area contributed by atoms with Gasteiger partial charge >= 0.3 is 0 Å². The van der Waals surface area contributed by atoms with Gasteiger partial charge in [0.15, 0.2) is 0 Å². The fourth-order valence-corrected chi connectivity index (χ4v) is 5.88. The number of aromatic amines is 1. The largest absolute Gasteiger partial charge is 0.497 e. The Morgan fingerprint density at radius 1 is 1.06 bits per heavy atom. The second kappa shape index (κ2) is 7.55. The first-order valence-corrected chi connectivity index (χ1v) is 12.1. The maximum Gasteiger partial charge on any atom is 0.235 e. The van der Waals surface area contributed by atoms with Crippen molar-refractivity contribution in [2.24, 2.45) is 0 Å². The lowest BCUT2D eigenvalue weighted by atomic mass is 9.91. The van der Waals surface area contributed by atoms with E-state index >= 15 is 0 Å². The minimum absolute atomic E-state index is 0.0827. The molecule has 2 unspecified atom stereocenters. The Hall–Kier alpha value is -3.90. The maximum atomic E-state index is 13.0. The van der Waals surface area contributed by atoms with Crippen LogP contribution in [0.4, 0.5) is 5.69 Å². The third-order valence-electron chi connectivity index (χ3n) is 7.89. The summed E-state index contributed by atoms with van der Waals surface area (Å²) < 4.78 is 5.42. The first-order valence-electron chi connectivity index (χ1n) is 12.1. The van der Waals surface area contributed by atoms with Gasteiger partial charge in [-0.25, -0.2) is 0 Å². The van der Waals surface area contributed by atoms with Crippen molar-refractivity contribution in [1.82, 2.24) is 15.5 Å². The molecule has 6 heteroatoms. The minimum Gasteiger partial charge on any atom is -0.497 e. The molecule has 2 aliphatic heterocycles. The molecule has 3 aromatic carbocycles. The van der Waals surface area contributed by atoms with Gasteiger partial charge in [-0.2, -0.15) is 5.10 Å². The van der Waals surface area contributed by atoms with E-state index in [1.54, 1.807) is 7.11 Å². The maximum absolute atomic E-state index is 13.0. The summed E-state index contributed by atoms with van der Waals surface area (Å²) in [5.41, 5.74) is 8.50. The Morgan fingerprint density at radius 3 is 2.91 bits per heavy atom. The van der Waals surface area contributed by atoms with E-state index in [1.165, 1.54) is 16.7 Å². The number of fused-ring (bicyclic) bond motifs is 4. The third-order valence-corrected chi connectivity index (χ3v) is 7.89. The van der Waals surface area contributed by atoms with Crippen LogP contribution < -0.4 is 15.4 Å². The summed E-state index contributed by atoms with van der Waals surface area (Å²) >= 11 is 0. The molecule has 1 fully saturated rings. The molecule has 1 saturated carbocycles. The topological polar surface area (TPSA) is 79.0 Å². The molecule has 7 rings (SSSR count). The number of H-pyrrole nitrogens is 1. The van der Waals surface area contributed by atoms with E-state index in [4.69, 9.17) is 4.74 Å². The van der Waals surface area contributed by atoms with Crippen LogP contribution in [0.25, 0.3) is 23.1 Å². The number of carbonyl (C=O) groups excluding carboxylic acids is 1. The van der Waals surface area contributed by atoms with Gasteiger partial charge in [0.25, 0.3) is 0 Å². The molecular formula is C29H26N4O2. The zero-order valence-corrected chi connectivity index (χ0v) is 19.5. The summed E-state index contributed by atoms with van der Waals surface area (Å²) in [6, 6.07) is 18.9. The normalized spacial score (nSPS) is 22.4. The second-order valence-electron chi connectivity index (χ2n) is 9.80. The molecule has 6 nitrogen and oxygen atoms in total. The molecule has 4 aromatic rings. The fraction of sp³-hybridized carbons (Fsp3) is 0.241. The monoisotopic (exact) mass is 462 g/mol. The number of amides is 1. The Kier molecular flexibility index (Phi) is 4.42. The van der Waals surface area contributed by atoms with Crippen molar-refractivity contribution in [3.05, 3.63) is 88.1 Å². The molecule has 3 N–H and O–H groups in total. The molecule has 0 bridgehead atoms. The van der Waals surface area contributed by atoms with Gasteiger partial charge in [-0.3, -0.25) is 9.89 Å². The van der Waals surface area contributed by atoms with Gasteiger partial charge in [-0.1, -0.05) is 36.4 Å². The van der Waals surface area contributed by atoms with Crippen molar-refractivity contribution in [2.75, 3.05) is 19.0 Å². The van der Waals surface area contributed by atoms with Crippen molar-refractivity contribution >= 4 is 34.6 Å². The average molecular weight is 463 g/mol. The van der Waals surface area contributed by atoms with E-state index in [-0.39, 0.29) is 11.8 Å². The van der Waals surface area contributed by atoms with Crippen LogP contribution in [0.2, 0.25) is 0 Å². The van der Waals surface area contributed by atoms with Gasteiger partial charge in [-0.05, 0) is 77.5 Å². The summed E-state index contributed by atoms with van der Waals surface area (Å²) in [5, 5.41) is 15.3. The van der Waals surface area contributed by atoms with Gasteiger partial charge in [0.1, 0.15) is 5.75 Å². The first kappa shape index (κ1) is 20.5. The number of rotatable bonds is 4. The summed E-state index contributed by atoms with van der Waals surface area (Å²) in [7, 11) is 1.66. The molecule has 1 amide bonds. The highest BCUT2D eigenvalue weighted by Gasteiger charge is 2.65. The average Bonchev–Trinajstić information content (AvgIpc) is 3.44. The minimum atomic E-state index is -0.498. The van der Waals surface area contributed by atoms with Gasteiger partial charge in [0.2, 0.25) is 5.91 Å². The van der Waals surface area contributed by atoms with Gasteiger partial charge < -0.3 is 15.4 Å². The number of ether oxygens (including phenoxy) is 1. The highest BCUT2D eigenvalue weighted by molar-refractivity contribution is 6.10. The number of hydrogen-bond acceptors (Lipinski definition) is 4. The van der Waals surface area contributed by atoms with Crippen LogP contribution in [-0.2, 0) is 23.2 Å². The van der Waals surface area contributed by atoms with E-state index in [9.17, 15) is 4.79 Å². The molecule has 174 valence electrons. The van der Waals surface area contributed by atoms with Crippen LogP contribution in [0.3, 0.4) is 0 Å². The molecular weight excluding hydrogens is 436 g/mol. The smallest absolute Gasteiger partial charge is 0.235 e. The molecule has 35 heavy (non-hydrogen) atoms. The van der Waals surface area contributed by atoms with Crippen LogP contribution in [0, 0.1) is 0 Å². The zero-order chi connectivity index (χ0) is 23.6. The van der Waals surface area contributed by atoms with Crippen LogP contribution in [0.1, 0.15) is 45.8 Å². The lowest BCUT2D eigenvalue weighted by molar-refractivity contribution is -0.118. The molecule has 0 radical (unpaired) electrons. The van der Waals surface area contributed by atoms with Crippen LogP contribution >= 0.6 is 0 Å². The molecule has 1 spiro atoms. The van der Waals surface area contributed by atoms with E-state index in [2.05, 4.69) is 69.4 Å². The Labute approximate surface area is 203 Å². The number of anilines is 1. The lowest BCUT2D eigenvalue weighted by Gasteiger charge is -2.17. The number of aromatic nitrogens is 2. The number of nitrogens with one attached hydrogen (secondary N) is 3. The summed E-state index contributed by atoms with van der Waals surface area (Å²) in [4.78, 5) is 13.0. The van der Waals surface area contributed by atoms with E-state index in [1.807, 2.05) is 18.2 Å². The lowest BCUT2D eigenvalue weighted by Crippen LogP contribution is -2.23. The fourth-order valence-electron chi connectivity index (χ4n) is 5.88. The number of carbonyl (C=O) groups is 1. The highest BCUT2D eigenvalue weighted by atomic mass is 16.5. The van der Waals surface area contributed by atoms with Gasteiger partial charge in [0, 0.05) is 23.5 Å². The summed E-state index contributed by atoms with van der Waals surface area (Å²) in [6.07, 6.45) is 6.09. The molecule has 0 saturated heterocycles. The highest BCUT2D eigenvalue weighted by Crippen LogP contribution is 2.65. The van der Waals surface area contributed by atoms with Crippen molar-refractivity contribution in [2.45, 2.75) is 30.7 Å².